The third-order valence-corrected chi connectivity index (χ3v) is 3.21. The van der Waals surface area contributed by atoms with Crippen molar-refractivity contribution in [1.29, 1.82) is 0 Å². The van der Waals surface area contributed by atoms with Crippen molar-refractivity contribution in [2.75, 3.05) is 6.54 Å². The van der Waals surface area contributed by atoms with Crippen molar-refractivity contribution in [1.82, 2.24) is 5.32 Å². The normalized spacial score (nSPS) is 12.6. The van der Waals surface area contributed by atoms with Crippen LogP contribution in [0.1, 0.15) is 38.5 Å². The van der Waals surface area contributed by atoms with Crippen molar-refractivity contribution in [3.05, 3.63) is 41.7 Å². The third kappa shape index (κ3) is 3.71. The van der Waals surface area contributed by atoms with Crippen LogP contribution in [0.5, 0.6) is 0 Å². The third-order valence-electron chi connectivity index (χ3n) is 3.21. The van der Waals surface area contributed by atoms with Crippen molar-refractivity contribution < 1.29 is 4.42 Å². The maximum Gasteiger partial charge on any atom is 0.134 e. The van der Waals surface area contributed by atoms with E-state index in [0.717, 1.165) is 24.3 Å². The molecule has 1 N–H and O–H groups in total. The van der Waals surface area contributed by atoms with Gasteiger partial charge in [0.05, 0.1) is 0 Å². The van der Waals surface area contributed by atoms with Gasteiger partial charge in [-0.05, 0) is 50.6 Å². The van der Waals surface area contributed by atoms with Crippen LogP contribution in [0.15, 0.2) is 34.8 Å². The van der Waals surface area contributed by atoms with Crippen molar-refractivity contribution in [3.63, 3.8) is 0 Å². The predicted octanol–water partition coefficient (Wildman–Crippen LogP) is 4.53. The van der Waals surface area contributed by atoms with Gasteiger partial charge in [0.25, 0.3) is 0 Å². The van der Waals surface area contributed by atoms with E-state index in [4.69, 9.17) is 4.42 Å². The van der Waals surface area contributed by atoms with E-state index in [2.05, 4.69) is 57.3 Å². The molecule has 2 rings (SSSR count). The quantitative estimate of drug-likeness (QED) is 0.796. The summed E-state index contributed by atoms with van der Waals surface area (Å²) in [7, 11) is 0. The topological polar surface area (TPSA) is 25.2 Å². The average Bonchev–Trinajstić information content (AvgIpc) is 2.77. The molecule has 1 aromatic carbocycles. The van der Waals surface area contributed by atoms with E-state index in [1.165, 1.54) is 16.5 Å². The van der Waals surface area contributed by atoms with Gasteiger partial charge < -0.3 is 9.73 Å². The van der Waals surface area contributed by atoms with Gasteiger partial charge in [-0.2, -0.15) is 0 Å². The fourth-order valence-electron chi connectivity index (χ4n) is 2.12. The Kier molecular flexibility index (Phi) is 4.43. The van der Waals surface area contributed by atoms with Crippen LogP contribution in [-0.4, -0.2) is 12.6 Å². The standard InChI is InChI=1S/C17H23NO/c1-12(2)18-9-5-6-14(4)17-11-15-10-13(3)7-8-16(15)19-17/h6-8,10-12,18H,5,9H2,1-4H3/b14-6-. The Balaban J connectivity index is 2.08. The molecule has 0 unspecified atom stereocenters. The molecule has 0 spiro atoms. The highest BCUT2D eigenvalue weighted by Gasteiger charge is 2.05. The maximum atomic E-state index is 5.87. The summed E-state index contributed by atoms with van der Waals surface area (Å²) >= 11 is 0. The zero-order chi connectivity index (χ0) is 13.8. The van der Waals surface area contributed by atoms with E-state index in [-0.39, 0.29) is 0 Å². The molecule has 2 heteroatoms. The molecule has 1 aromatic heterocycles. The van der Waals surface area contributed by atoms with Gasteiger partial charge in [0.1, 0.15) is 11.3 Å². The summed E-state index contributed by atoms with van der Waals surface area (Å²) in [6, 6.07) is 8.96. The summed E-state index contributed by atoms with van der Waals surface area (Å²) in [6.07, 6.45) is 3.26. The Hall–Kier alpha value is -1.54. The summed E-state index contributed by atoms with van der Waals surface area (Å²) in [4.78, 5) is 0. The lowest BCUT2D eigenvalue weighted by atomic mass is 10.1. The van der Waals surface area contributed by atoms with Gasteiger partial charge in [-0.25, -0.2) is 0 Å². The lowest BCUT2D eigenvalue weighted by Crippen LogP contribution is -2.23. The van der Waals surface area contributed by atoms with Crippen LogP contribution in [0, 0.1) is 6.92 Å². The van der Waals surface area contributed by atoms with Gasteiger partial charge in [-0.15, -0.1) is 0 Å². The molecular formula is C17H23NO. The lowest BCUT2D eigenvalue weighted by Gasteiger charge is -2.05. The van der Waals surface area contributed by atoms with Crippen LogP contribution in [0.3, 0.4) is 0 Å². The van der Waals surface area contributed by atoms with Gasteiger partial charge in [-0.1, -0.05) is 31.6 Å². The second-order valence-electron chi connectivity index (χ2n) is 5.44. The number of aryl methyl sites for hydroxylation is 1. The number of nitrogens with one attached hydrogen (secondary N) is 1. The largest absolute Gasteiger partial charge is 0.456 e. The Labute approximate surface area is 115 Å². The number of fused-ring (bicyclic) bond motifs is 1. The van der Waals surface area contributed by atoms with Crippen molar-refractivity contribution in [3.8, 4) is 0 Å². The fraction of sp³-hybridized carbons (Fsp3) is 0.412. The second-order valence-corrected chi connectivity index (χ2v) is 5.44. The summed E-state index contributed by atoms with van der Waals surface area (Å²) in [5, 5.41) is 4.59. The van der Waals surface area contributed by atoms with Crippen LogP contribution in [-0.2, 0) is 0 Å². The number of benzene rings is 1. The predicted molar refractivity (Wildman–Crippen MR) is 82.4 cm³/mol. The number of hydrogen-bond acceptors (Lipinski definition) is 2. The molecule has 0 bridgehead atoms. The van der Waals surface area contributed by atoms with Crippen LogP contribution in [0.4, 0.5) is 0 Å². The van der Waals surface area contributed by atoms with Crippen molar-refractivity contribution in [2.24, 2.45) is 0 Å². The molecule has 0 aliphatic rings. The average molecular weight is 257 g/mol. The number of rotatable bonds is 5. The lowest BCUT2D eigenvalue weighted by molar-refractivity contribution is 0.591. The molecule has 19 heavy (non-hydrogen) atoms. The first-order valence-electron chi connectivity index (χ1n) is 6.97. The highest BCUT2D eigenvalue weighted by atomic mass is 16.3. The first-order chi connectivity index (χ1) is 9.06. The molecule has 2 aromatic rings. The molecule has 0 aliphatic heterocycles. The molecule has 0 aliphatic carbocycles. The molecule has 0 fully saturated rings. The number of hydrogen-bond donors (Lipinski definition) is 1. The minimum Gasteiger partial charge on any atom is -0.456 e. The molecule has 0 radical (unpaired) electrons. The van der Waals surface area contributed by atoms with Crippen molar-refractivity contribution >= 4 is 16.5 Å². The SMILES string of the molecule is C/C(=C/CCNC(C)C)c1cc2cc(C)ccc2o1. The molecule has 0 atom stereocenters. The second kappa shape index (κ2) is 6.07. The van der Waals surface area contributed by atoms with Crippen LogP contribution >= 0.6 is 0 Å². The first-order valence-corrected chi connectivity index (χ1v) is 6.97. The summed E-state index contributed by atoms with van der Waals surface area (Å²) in [5.41, 5.74) is 3.44. The first kappa shape index (κ1) is 13.9. The van der Waals surface area contributed by atoms with E-state index in [1.807, 2.05) is 6.07 Å². The van der Waals surface area contributed by atoms with Gasteiger partial charge in [0, 0.05) is 11.4 Å². The summed E-state index contributed by atoms with van der Waals surface area (Å²) < 4.78 is 5.87. The van der Waals surface area contributed by atoms with E-state index >= 15 is 0 Å². The molecule has 0 amide bonds. The summed E-state index contributed by atoms with van der Waals surface area (Å²) in [6.45, 7) is 9.55. The van der Waals surface area contributed by atoms with Gasteiger partial charge >= 0.3 is 0 Å². The minimum atomic E-state index is 0.544. The Morgan fingerprint density at radius 2 is 2.11 bits per heavy atom. The van der Waals surface area contributed by atoms with Crippen LogP contribution < -0.4 is 5.32 Å². The highest BCUT2D eigenvalue weighted by molar-refractivity contribution is 5.82. The van der Waals surface area contributed by atoms with Crippen LogP contribution in [0.2, 0.25) is 0 Å². The number of allylic oxidation sites excluding steroid dienone is 1. The number of furan rings is 1. The van der Waals surface area contributed by atoms with Gasteiger partial charge in [0.15, 0.2) is 0 Å². The smallest absolute Gasteiger partial charge is 0.134 e. The fourth-order valence-corrected chi connectivity index (χ4v) is 2.12. The Morgan fingerprint density at radius 1 is 1.32 bits per heavy atom. The van der Waals surface area contributed by atoms with E-state index in [9.17, 15) is 0 Å². The van der Waals surface area contributed by atoms with Crippen molar-refractivity contribution in [2.45, 2.75) is 40.2 Å². The van der Waals surface area contributed by atoms with Crippen LogP contribution in [0.25, 0.3) is 16.5 Å². The molecule has 102 valence electrons. The maximum absolute atomic E-state index is 5.87. The van der Waals surface area contributed by atoms with E-state index < -0.39 is 0 Å². The highest BCUT2D eigenvalue weighted by Crippen LogP contribution is 2.25. The Morgan fingerprint density at radius 3 is 2.84 bits per heavy atom. The minimum absolute atomic E-state index is 0.544. The van der Waals surface area contributed by atoms with E-state index in [0.29, 0.717) is 6.04 Å². The molecule has 0 saturated heterocycles. The molecule has 1 heterocycles. The zero-order valence-electron chi connectivity index (χ0n) is 12.3. The summed E-state index contributed by atoms with van der Waals surface area (Å²) in [5.74, 6) is 0.977. The molecular weight excluding hydrogens is 234 g/mol. The monoisotopic (exact) mass is 257 g/mol. The Bertz CT molecular complexity index is 578. The molecule has 2 nitrogen and oxygen atoms in total. The van der Waals surface area contributed by atoms with Gasteiger partial charge in [0.2, 0.25) is 0 Å². The van der Waals surface area contributed by atoms with Gasteiger partial charge in [-0.3, -0.25) is 0 Å². The molecule has 0 saturated carbocycles. The van der Waals surface area contributed by atoms with E-state index in [1.54, 1.807) is 0 Å². The zero-order valence-corrected chi connectivity index (χ0v) is 12.3.